The molecule has 0 rings (SSSR count). The van der Waals surface area contributed by atoms with E-state index in [1.54, 1.807) is 6.92 Å². The van der Waals surface area contributed by atoms with Gasteiger partial charge >= 0.3 is 0 Å². The Morgan fingerprint density at radius 2 is 1.42 bits per heavy atom. The van der Waals surface area contributed by atoms with Crippen molar-refractivity contribution >= 4 is 10.1 Å². The average molecular weight is 294 g/mol. The van der Waals surface area contributed by atoms with E-state index in [-0.39, 0.29) is 0 Å². The molecule has 5 heteroatoms. The molecule has 0 aromatic rings. The van der Waals surface area contributed by atoms with Crippen molar-refractivity contribution in [3.8, 4) is 0 Å². The van der Waals surface area contributed by atoms with Gasteiger partial charge in [-0.3, -0.25) is 4.55 Å². The maximum Gasteiger partial charge on any atom is 0.267 e. The van der Waals surface area contributed by atoms with Crippen LogP contribution in [-0.4, -0.2) is 29.4 Å². The minimum Gasteiger partial charge on any atom is -0.393 e. The first-order chi connectivity index (χ1) is 8.88. The normalized spacial score (nSPS) is 15.4. The second-order valence-electron chi connectivity index (χ2n) is 5.47. The molecule has 0 radical (unpaired) electrons. The van der Waals surface area contributed by atoms with Crippen molar-refractivity contribution in [1.82, 2.24) is 0 Å². The van der Waals surface area contributed by atoms with Crippen LogP contribution in [-0.2, 0) is 10.1 Å². The first-order valence-electron chi connectivity index (χ1n) is 7.52. The summed E-state index contributed by atoms with van der Waals surface area (Å²) in [6.45, 7) is 3.85. The van der Waals surface area contributed by atoms with Gasteiger partial charge in [-0.05, 0) is 32.6 Å². The molecule has 0 saturated heterocycles. The minimum absolute atomic E-state index is 0.406. The highest BCUT2D eigenvalue weighted by molar-refractivity contribution is 7.86. The zero-order chi connectivity index (χ0) is 14.7. The first-order valence-corrected chi connectivity index (χ1v) is 9.02. The number of hydrogen-bond acceptors (Lipinski definition) is 3. The number of rotatable bonds is 12. The van der Waals surface area contributed by atoms with Gasteiger partial charge in [0, 0.05) is 0 Å². The summed E-state index contributed by atoms with van der Waals surface area (Å²) < 4.78 is 31.7. The van der Waals surface area contributed by atoms with Crippen molar-refractivity contribution in [2.75, 3.05) is 0 Å². The van der Waals surface area contributed by atoms with Crippen molar-refractivity contribution in [1.29, 1.82) is 0 Å². The molecule has 0 aliphatic rings. The van der Waals surface area contributed by atoms with Crippen LogP contribution in [0.25, 0.3) is 0 Å². The summed E-state index contributed by atoms with van der Waals surface area (Å²) in [6.07, 6.45) is 8.45. The van der Waals surface area contributed by atoms with E-state index in [2.05, 4.69) is 6.92 Å². The maximum absolute atomic E-state index is 11.3. The van der Waals surface area contributed by atoms with Gasteiger partial charge in [0.05, 0.1) is 11.4 Å². The Kier molecular flexibility index (Phi) is 10.6. The van der Waals surface area contributed by atoms with Crippen LogP contribution in [0.3, 0.4) is 0 Å². The molecule has 0 aliphatic carbocycles. The predicted octanol–water partition coefficient (Wildman–Crippen LogP) is 3.54. The Bertz CT molecular complexity index is 299. The lowest BCUT2D eigenvalue weighted by atomic mass is 10.0. The molecule has 0 saturated carbocycles. The molecule has 2 N–H and O–H groups in total. The molecule has 19 heavy (non-hydrogen) atoms. The maximum atomic E-state index is 11.3. The van der Waals surface area contributed by atoms with E-state index in [1.165, 1.54) is 19.3 Å². The largest absolute Gasteiger partial charge is 0.393 e. The van der Waals surface area contributed by atoms with E-state index >= 15 is 0 Å². The summed E-state index contributed by atoms with van der Waals surface area (Å²) in [5, 5.41) is 8.50. The van der Waals surface area contributed by atoms with Gasteiger partial charge in [-0.1, -0.05) is 45.4 Å². The topological polar surface area (TPSA) is 74.6 Å². The molecule has 116 valence electrons. The highest BCUT2D eigenvalue weighted by Gasteiger charge is 2.22. The van der Waals surface area contributed by atoms with E-state index in [4.69, 9.17) is 5.11 Å². The minimum atomic E-state index is -3.94. The lowest BCUT2D eigenvalue weighted by molar-refractivity contribution is 0.180. The van der Waals surface area contributed by atoms with Gasteiger partial charge in [-0.2, -0.15) is 8.42 Å². The Morgan fingerprint density at radius 3 is 1.95 bits per heavy atom. The van der Waals surface area contributed by atoms with Crippen molar-refractivity contribution in [3.63, 3.8) is 0 Å². The summed E-state index contributed by atoms with van der Waals surface area (Å²) in [7, 11) is -3.94. The Labute approximate surface area is 118 Å². The summed E-state index contributed by atoms with van der Waals surface area (Å²) in [6, 6.07) is 0. The van der Waals surface area contributed by atoms with E-state index in [9.17, 15) is 13.0 Å². The molecule has 0 fully saturated rings. The second-order valence-corrected chi connectivity index (χ2v) is 7.17. The lowest BCUT2D eigenvalue weighted by Gasteiger charge is -2.14. The van der Waals surface area contributed by atoms with Crippen LogP contribution >= 0.6 is 0 Å². The van der Waals surface area contributed by atoms with Gasteiger partial charge in [0.1, 0.15) is 0 Å². The molecule has 0 aliphatic heterocycles. The fourth-order valence-electron chi connectivity index (χ4n) is 2.24. The van der Waals surface area contributed by atoms with Crippen molar-refractivity contribution in [3.05, 3.63) is 0 Å². The Hall–Kier alpha value is -0.130. The highest BCUT2D eigenvalue weighted by Crippen LogP contribution is 2.18. The smallest absolute Gasteiger partial charge is 0.267 e. The van der Waals surface area contributed by atoms with Crippen molar-refractivity contribution < 1.29 is 18.1 Å². The summed E-state index contributed by atoms with van der Waals surface area (Å²) in [4.78, 5) is 0. The lowest BCUT2D eigenvalue weighted by Crippen LogP contribution is -2.21. The van der Waals surface area contributed by atoms with Gasteiger partial charge in [0.25, 0.3) is 10.1 Å². The molecule has 0 amide bonds. The highest BCUT2D eigenvalue weighted by atomic mass is 32.2. The SMILES string of the molecule is CCCCCCCCC(CCCC(C)O)S(=O)(=O)O. The monoisotopic (exact) mass is 294 g/mol. The molecule has 0 aromatic carbocycles. The third kappa shape index (κ3) is 11.4. The molecule has 0 spiro atoms. The fourth-order valence-corrected chi connectivity index (χ4v) is 3.16. The standard InChI is InChI=1S/C14H30O4S/c1-3-4-5-6-7-8-11-14(19(16,17)18)12-9-10-13(2)15/h13-15H,3-12H2,1-2H3,(H,16,17,18). The van der Waals surface area contributed by atoms with Crippen LogP contribution in [0.15, 0.2) is 0 Å². The van der Waals surface area contributed by atoms with E-state index in [0.29, 0.717) is 25.7 Å². The van der Waals surface area contributed by atoms with E-state index in [0.717, 1.165) is 19.3 Å². The van der Waals surface area contributed by atoms with E-state index < -0.39 is 21.5 Å². The van der Waals surface area contributed by atoms with Crippen LogP contribution in [0, 0.1) is 0 Å². The first kappa shape index (κ1) is 18.9. The molecule has 4 nitrogen and oxygen atoms in total. The third-order valence-electron chi connectivity index (χ3n) is 3.45. The molecular formula is C14H30O4S. The van der Waals surface area contributed by atoms with Gasteiger partial charge in [0.15, 0.2) is 0 Å². The van der Waals surface area contributed by atoms with E-state index in [1.807, 2.05) is 0 Å². The van der Waals surface area contributed by atoms with Crippen LogP contribution in [0.1, 0.15) is 78.1 Å². The van der Waals surface area contributed by atoms with Crippen LogP contribution in [0.5, 0.6) is 0 Å². The average Bonchev–Trinajstić information content (AvgIpc) is 2.29. The van der Waals surface area contributed by atoms with Gasteiger partial charge < -0.3 is 5.11 Å². The number of aliphatic hydroxyl groups excluding tert-OH is 1. The third-order valence-corrected chi connectivity index (χ3v) is 4.76. The molecule has 2 atom stereocenters. The molecular weight excluding hydrogens is 264 g/mol. The number of unbranched alkanes of at least 4 members (excludes halogenated alkanes) is 5. The van der Waals surface area contributed by atoms with Crippen LogP contribution < -0.4 is 0 Å². The second kappa shape index (κ2) is 10.6. The van der Waals surface area contributed by atoms with Crippen LogP contribution in [0.2, 0.25) is 0 Å². The van der Waals surface area contributed by atoms with Crippen LogP contribution in [0.4, 0.5) is 0 Å². The van der Waals surface area contributed by atoms with Gasteiger partial charge in [-0.15, -0.1) is 0 Å². The van der Waals surface area contributed by atoms with Crippen molar-refractivity contribution in [2.45, 2.75) is 89.4 Å². The quantitative estimate of drug-likeness (QED) is 0.426. The van der Waals surface area contributed by atoms with Gasteiger partial charge in [-0.25, -0.2) is 0 Å². The van der Waals surface area contributed by atoms with Crippen molar-refractivity contribution in [2.24, 2.45) is 0 Å². The number of aliphatic hydroxyl groups is 1. The zero-order valence-corrected chi connectivity index (χ0v) is 13.2. The molecule has 0 bridgehead atoms. The fraction of sp³-hybridized carbons (Fsp3) is 1.00. The van der Waals surface area contributed by atoms with Gasteiger partial charge in [0.2, 0.25) is 0 Å². The Morgan fingerprint density at radius 1 is 0.895 bits per heavy atom. The molecule has 0 heterocycles. The summed E-state index contributed by atoms with van der Waals surface area (Å²) in [5.41, 5.74) is 0. The predicted molar refractivity (Wildman–Crippen MR) is 78.9 cm³/mol. The molecule has 0 aromatic heterocycles. The Balaban J connectivity index is 3.89. The summed E-state index contributed by atoms with van der Waals surface area (Å²) in [5.74, 6) is 0. The molecule has 2 unspecified atom stereocenters. The summed E-state index contributed by atoms with van der Waals surface area (Å²) >= 11 is 0. The number of hydrogen-bond donors (Lipinski definition) is 2. The zero-order valence-electron chi connectivity index (χ0n) is 12.3.